The summed E-state index contributed by atoms with van der Waals surface area (Å²) < 4.78 is 6.05. The molecule has 1 heterocycles. The van der Waals surface area contributed by atoms with Crippen LogP contribution in [0.1, 0.15) is 6.42 Å². The van der Waals surface area contributed by atoms with E-state index >= 15 is 0 Å². The SMILES string of the molecule is COC1=C(Br)[C@@H](O)[C@]2(C=C1Br)CC(C(=O)O)=NO2. The maximum absolute atomic E-state index is 10.8. The lowest BCUT2D eigenvalue weighted by molar-refractivity contribution is -0.129. The molecule has 0 aromatic rings. The van der Waals surface area contributed by atoms with Gasteiger partial charge in [-0.1, -0.05) is 5.16 Å². The molecule has 2 N–H and O–H groups in total. The Balaban J connectivity index is 2.35. The van der Waals surface area contributed by atoms with Crippen molar-refractivity contribution in [1.82, 2.24) is 0 Å². The largest absolute Gasteiger partial charge is 0.495 e. The van der Waals surface area contributed by atoms with Gasteiger partial charge in [-0.2, -0.15) is 0 Å². The summed E-state index contributed by atoms with van der Waals surface area (Å²) in [6.07, 6.45) is 0.445. The van der Waals surface area contributed by atoms with Crippen LogP contribution >= 0.6 is 31.9 Å². The molecule has 0 saturated carbocycles. The van der Waals surface area contributed by atoms with Crippen molar-refractivity contribution in [2.45, 2.75) is 18.1 Å². The fraction of sp³-hybridized carbons (Fsp3) is 0.400. The molecule has 8 heteroatoms. The zero-order valence-corrected chi connectivity index (χ0v) is 12.4. The van der Waals surface area contributed by atoms with E-state index in [1.54, 1.807) is 6.08 Å². The molecule has 0 unspecified atom stereocenters. The molecule has 1 spiro atoms. The van der Waals surface area contributed by atoms with Crippen molar-refractivity contribution in [1.29, 1.82) is 0 Å². The number of carboxylic acids is 1. The minimum atomic E-state index is -1.21. The van der Waals surface area contributed by atoms with E-state index in [-0.39, 0.29) is 12.1 Å². The number of allylic oxidation sites excluding steroid dienone is 1. The minimum Gasteiger partial charge on any atom is -0.495 e. The van der Waals surface area contributed by atoms with Crippen LogP contribution < -0.4 is 0 Å². The van der Waals surface area contributed by atoms with Crippen molar-refractivity contribution >= 4 is 43.5 Å². The first-order chi connectivity index (χ1) is 8.41. The van der Waals surface area contributed by atoms with E-state index in [0.29, 0.717) is 14.7 Å². The minimum absolute atomic E-state index is 0.0231. The first-order valence-electron chi connectivity index (χ1n) is 4.90. The normalized spacial score (nSPS) is 31.0. The molecule has 0 radical (unpaired) electrons. The monoisotopic (exact) mass is 381 g/mol. The number of hydrogen-bond donors (Lipinski definition) is 2. The molecule has 0 bridgehead atoms. The van der Waals surface area contributed by atoms with Gasteiger partial charge in [0.25, 0.3) is 0 Å². The van der Waals surface area contributed by atoms with E-state index in [9.17, 15) is 9.90 Å². The van der Waals surface area contributed by atoms with Gasteiger partial charge in [0.2, 0.25) is 0 Å². The van der Waals surface area contributed by atoms with Crippen LogP contribution in [-0.4, -0.2) is 40.7 Å². The predicted molar refractivity (Wildman–Crippen MR) is 69.5 cm³/mol. The van der Waals surface area contributed by atoms with Crippen LogP contribution in [0.15, 0.2) is 26.0 Å². The van der Waals surface area contributed by atoms with Crippen molar-refractivity contribution < 1.29 is 24.6 Å². The lowest BCUT2D eigenvalue weighted by Gasteiger charge is -2.33. The van der Waals surface area contributed by atoms with Gasteiger partial charge in [-0.25, -0.2) is 4.79 Å². The third-order valence-electron chi connectivity index (χ3n) is 2.73. The molecule has 1 aliphatic carbocycles. The van der Waals surface area contributed by atoms with Crippen LogP contribution in [0.5, 0.6) is 0 Å². The average Bonchev–Trinajstić information content (AvgIpc) is 2.72. The van der Waals surface area contributed by atoms with Crippen LogP contribution in [0.25, 0.3) is 0 Å². The molecule has 18 heavy (non-hydrogen) atoms. The summed E-state index contributed by atoms with van der Waals surface area (Å²) in [5.74, 6) is -0.735. The van der Waals surface area contributed by atoms with Gasteiger partial charge >= 0.3 is 5.97 Å². The quantitative estimate of drug-likeness (QED) is 0.755. The van der Waals surface area contributed by atoms with E-state index in [2.05, 4.69) is 37.0 Å². The van der Waals surface area contributed by atoms with Crippen molar-refractivity contribution in [2.75, 3.05) is 7.11 Å². The van der Waals surface area contributed by atoms with E-state index in [4.69, 9.17) is 14.7 Å². The number of rotatable bonds is 2. The highest BCUT2D eigenvalue weighted by molar-refractivity contribution is 9.12. The number of methoxy groups -OCH3 is 1. The highest BCUT2D eigenvalue weighted by Crippen LogP contribution is 2.43. The van der Waals surface area contributed by atoms with Gasteiger partial charge in [-0.15, -0.1) is 0 Å². The number of oxime groups is 1. The molecule has 1 aliphatic heterocycles. The van der Waals surface area contributed by atoms with Crippen LogP contribution in [0.4, 0.5) is 0 Å². The zero-order chi connectivity index (χ0) is 13.5. The van der Waals surface area contributed by atoms with Crippen LogP contribution in [0.3, 0.4) is 0 Å². The van der Waals surface area contributed by atoms with E-state index in [1.165, 1.54) is 7.11 Å². The second-order valence-corrected chi connectivity index (χ2v) is 5.55. The summed E-state index contributed by atoms with van der Waals surface area (Å²) in [7, 11) is 1.46. The summed E-state index contributed by atoms with van der Waals surface area (Å²) in [6.45, 7) is 0. The molecule has 98 valence electrons. The maximum atomic E-state index is 10.8. The predicted octanol–water partition coefficient (Wildman–Crippen LogP) is 1.49. The molecule has 2 atom stereocenters. The van der Waals surface area contributed by atoms with Crippen molar-refractivity contribution in [2.24, 2.45) is 5.16 Å². The zero-order valence-electron chi connectivity index (χ0n) is 9.18. The number of halogens is 2. The smallest absolute Gasteiger partial charge is 0.353 e. The Morgan fingerprint density at radius 1 is 1.67 bits per heavy atom. The Morgan fingerprint density at radius 2 is 2.33 bits per heavy atom. The van der Waals surface area contributed by atoms with Gasteiger partial charge in [-0.05, 0) is 37.9 Å². The Kier molecular flexibility index (Phi) is 3.52. The summed E-state index contributed by atoms with van der Waals surface area (Å²) in [5.41, 5.74) is -1.35. The molecule has 2 aliphatic rings. The average molecular weight is 383 g/mol. The van der Waals surface area contributed by atoms with Gasteiger partial charge in [0.1, 0.15) is 11.9 Å². The lowest BCUT2D eigenvalue weighted by Crippen LogP contribution is -2.44. The third kappa shape index (κ3) is 1.98. The number of nitrogens with zero attached hydrogens (tertiary/aromatic N) is 1. The Bertz CT molecular complexity index is 498. The molecule has 0 aromatic heterocycles. The number of aliphatic carboxylic acids is 1. The molecular formula is C10H9Br2NO5. The number of hydrogen-bond acceptors (Lipinski definition) is 5. The Labute approximate surface area is 119 Å². The Hall–Kier alpha value is -0.860. The summed E-state index contributed by atoms with van der Waals surface area (Å²) in [6, 6.07) is 0. The highest BCUT2D eigenvalue weighted by Gasteiger charge is 2.50. The summed E-state index contributed by atoms with van der Waals surface area (Å²) in [5, 5.41) is 22.6. The van der Waals surface area contributed by atoms with Crippen LogP contribution in [0.2, 0.25) is 0 Å². The van der Waals surface area contributed by atoms with E-state index < -0.39 is 17.7 Å². The van der Waals surface area contributed by atoms with Crippen molar-refractivity contribution in [3.8, 4) is 0 Å². The van der Waals surface area contributed by atoms with Crippen LogP contribution in [-0.2, 0) is 14.4 Å². The molecule has 0 aromatic carbocycles. The van der Waals surface area contributed by atoms with Crippen molar-refractivity contribution in [3.05, 3.63) is 20.8 Å². The highest BCUT2D eigenvalue weighted by atomic mass is 79.9. The maximum Gasteiger partial charge on any atom is 0.353 e. The van der Waals surface area contributed by atoms with E-state index in [0.717, 1.165) is 0 Å². The summed E-state index contributed by atoms with van der Waals surface area (Å²) >= 11 is 6.50. The summed E-state index contributed by atoms with van der Waals surface area (Å²) in [4.78, 5) is 16.0. The number of carbonyl (C=O) groups is 1. The first-order valence-corrected chi connectivity index (χ1v) is 6.48. The second kappa shape index (κ2) is 4.67. The number of aliphatic hydroxyl groups excluding tert-OH is 1. The van der Waals surface area contributed by atoms with Gasteiger partial charge in [0.05, 0.1) is 16.1 Å². The van der Waals surface area contributed by atoms with Crippen molar-refractivity contribution in [3.63, 3.8) is 0 Å². The topological polar surface area (TPSA) is 88.4 Å². The fourth-order valence-corrected chi connectivity index (χ4v) is 3.60. The van der Waals surface area contributed by atoms with Gasteiger partial charge in [-0.3, -0.25) is 0 Å². The van der Waals surface area contributed by atoms with Crippen LogP contribution in [0, 0.1) is 0 Å². The number of carboxylic acid groups (broad SMARTS) is 1. The molecule has 6 nitrogen and oxygen atoms in total. The number of ether oxygens (including phenoxy) is 1. The molecule has 2 rings (SSSR count). The molecule has 0 amide bonds. The molecule has 0 fully saturated rings. The van der Waals surface area contributed by atoms with Gasteiger partial charge in [0.15, 0.2) is 11.3 Å². The lowest BCUT2D eigenvalue weighted by atomic mass is 9.87. The van der Waals surface area contributed by atoms with E-state index in [1.807, 2.05) is 0 Å². The number of aliphatic hydroxyl groups is 1. The Morgan fingerprint density at radius 3 is 2.83 bits per heavy atom. The fourth-order valence-electron chi connectivity index (χ4n) is 1.81. The molecule has 0 saturated heterocycles. The van der Waals surface area contributed by atoms with Gasteiger partial charge in [0, 0.05) is 6.42 Å². The first kappa shape index (κ1) is 13.6. The molecular weight excluding hydrogens is 374 g/mol. The van der Waals surface area contributed by atoms with Gasteiger partial charge < -0.3 is 19.8 Å². The second-order valence-electron chi connectivity index (χ2n) is 3.84. The third-order valence-corrected chi connectivity index (χ3v) is 4.11. The standard InChI is InChI=1S/C10H9Br2NO5/c1-17-7-4(11)2-10(8(14)6(7)12)3-5(9(15)16)13-18-10/h2,8,14H,3H2,1H3,(H,15,16)/t8-,10+/m1/s1.